The normalized spacial score (nSPS) is 20.0. The zero-order valence-electron chi connectivity index (χ0n) is 84.0. The van der Waals surface area contributed by atoms with E-state index in [1.165, 1.54) is 72.4 Å². The van der Waals surface area contributed by atoms with Crippen LogP contribution < -0.4 is 30.4 Å². The zero-order chi connectivity index (χ0) is 102. The van der Waals surface area contributed by atoms with Crippen LogP contribution in [0.2, 0.25) is 0 Å². The van der Waals surface area contributed by atoms with Crippen LogP contribution in [0.5, 0.6) is 28.7 Å². The van der Waals surface area contributed by atoms with Gasteiger partial charge in [0.05, 0.1) is 56.2 Å². The maximum Gasteiger partial charge on any atom is 0.303 e. The van der Waals surface area contributed by atoms with Crippen molar-refractivity contribution in [3.8, 4) is 28.7 Å². The molecule has 13 N–H and O–H groups in total. The van der Waals surface area contributed by atoms with Crippen molar-refractivity contribution in [3.05, 3.63) is 179 Å². The first-order valence-corrected chi connectivity index (χ1v) is 51.4. The van der Waals surface area contributed by atoms with E-state index in [2.05, 4.69) is 18.5 Å². The van der Waals surface area contributed by atoms with Crippen molar-refractivity contribution >= 4 is 63.1 Å². The molecule has 6 aromatic rings. The number of Topliss-reactive ketones (excluding diaryl/α,β-unsaturated/α-hetero) is 2. The standard InChI is InChI=1S/C21H30O5.C19H26O4.C18H27NO4.C17H24O3.C16H22O5S.C9H13NO2.C4H8O.C2H6O.CH3Cl.H2N2.H2O.H2/c1-4-8-20(25-15(2)22)17-10-7-11-19(13-17)24-14-18-9-5-6-12-21(18)26-16(3)23;1-3-7-18(21)15-9-6-10-17(12-15)22-13-16-8-4-5-11-19(16)23-14(2)20;1-13(20)23-18-8-3-2-5-15(18)12-22-16-7-4-6-14(11-16)17(21)9-10-19;1-2-6-16(18)13-8-5-9-15(11-13)20-12-14-7-3-4-10-17(14)19;1-12-7-9-15(10-8-12)22(18,19)20-11-14-5-3-4-6-16(14)21-13(2)17;10-5-4-9(12)7-2-1-3-8(11)6-7;1-2-4-5-3-1;1-2-3;2*1-2;;/h7,10-11,13,18,20-21H,4-6,8-9,12,14H2,1-3H3;6,9-10,12,16,19H,3-5,7-8,11,13H2,1-2H3;4,6-7,11,15,17-18,21H,2-3,5,8-10,12,19H2,1H3;5,8-9,11,14,17,19H,2-4,6-7,10,12H2,1H3;7-10,14,16H,3-6,11H2,1-2H3;1-3,6,9,11-12H,4-5,10H2;1-4H2;3H,2H2,1H3;1H3;1-2H;1H2;1H/t18-,20+,21+;16-,19+;15-,17+,18+;14-,17+;14-,16+;9-;;;;;;/m000001....../s1. The smallest absolute Gasteiger partial charge is 0.303 e. The molecule has 0 radical (unpaired) electrons. The molecule has 1 aliphatic heterocycles. The first-order valence-electron chi connectivity index (χ1n) is 49.3. The van der Waals surface area contributed by atoms with Crippen LogP contribution in [-0.2, 0) is 66.7 Å². The molecule has 32 heteroatoms. The molecule has 5 aliphatic carbocycles. The van der Waals surface area contributed by atoms with Crippen molar-refractivity contribution in [1.29, 1.82) is 11.1 Å². The van der Waals surface area contributed by atoms with Crippen LogP contribution in [0, 0.1) is 47.6 Å². The van der Waals surface area contributed by atoms with E-state index in [1.54, 1.807) is 43.3 Å². The molecule has 6 aliphatic rings. The predicted octanol–water partition coefficient (Wildman–Crippen LogP) is 20.2. The third kappa shape index (κ3) is 52.7. The Balaban J connectivity index is 0.000000824. The van der Waals surface area contributed by atoms with Gasteiger partial charge in [0.15, 0.2) is 11.6 Å². The predicted molar refractivity (Wildman–Crippen MR) is 539 cm³/mol. The van der Waals surface area contributed by atoms with Crippen LogP contribution in [0.15, 0.2) is 150 Å². The number of aromatic hydroxyl groups is 1. The molecule has 0 spiro atoms. The van der Waals surface area contributed by atoms with Crippen LogP contribution in [0.4, 0.5) is 0 Å². The van der Waals surface area contributed by atoms with E-state index in [0.29, 0.717) is 87.6 Å². The average molecular weight is 1990 g/mol. The molecule has 0 aromatic heterocycles. The second kappa shape index (κ2) is 74.4. The number of nitrogens with one attached hydrogen (secondary N) is 2. The van der Waals surface area contributed by atoms with Crippen LogP contribution in [-0.4, -0.2) is 184 Å². The second-order valence-electron chi connectivity index (χ2n) is 35.0. The first-order chi connectivity index (χ1) is 66.4. The minimum atomic E-state index is -3.77. The van der Waals surface area contributed by atoms with Crippen LogP contribution >= 0.6 is 11.6 Å². The van der Waals surface area contributed by atoms with Crippen molar-refractivity contribution < 1.29 is 126 Å². The van der Waals surface area contributed by atoms with Gasteiger partial charge >= 0.3 is 29.8 Å². The Hall–Kier alpha value is -9.51. The topological polar surface area (TPSA) is 488 Å². The van der Waals surface area contributed by atoms with E-state index < -0.39 is 22.3 Å². The van der Waals surface area contributed by atoms with E-state index in [9.17, 15) is 57.3 Å². The fourth-order valence-corrected chi connectivity index (χ4v) is 17.6. The van der Waals surface area contributed by atoms with Gasteiger partial charge in [0.1, 0.15) is 59.3 Å². The summed E-state index contributed by atoms with van der Waals surface area (Å²) in [6.45, 7) is 22.1. The first kappa shape index (κ1) is 126. The van der Waals surface area contributed by atoms with Gasteiger partial charge < -0.3 is 89.8 Å². The molecule has 1 saturated heterocycles. The molecule has 1 heterocycles. The van der Waals surface area contributed by atoms with E-state index in [-0.39, 0.29) is 138 Å². The van der Waals surface area contributed by atoms with Crippen molar-refractivity contribution in [3.63, 3.8) is 0 Å². The number of hydrogen-bond acceptors (Lipinski definition) is 29. The molecule has 0 unspecified atom stereocenters. The number of phenolic OH excluding ortho intramolecular Hbond substituents is 1. The number of alkyl halides is 1. The molecule has 5 saturated carbocycles. The number of aryl methyl sites for hydroxylation is 1. The van der Waals surface area contributed by atoms with Gasteiger partial charge in [-0.2, -0.15) is 8.42 Å². The lowest BCUT2D eigenvalue weighted by atomic mass is 9.87. The molecule has 30 nitrogen and oxygen atoms in total. The maximum absolute atomic E-state index is 12.2. The van der Waals surface area contributed by atoms with Gasteiger partial charge in [0, 0.05) is 116 Å². The van der Waals surface area contributed by atoms with Gasteiger partial charge in [-0.05, 0) is 251 Å². The number of ether oxygens (including phenoxy) is 10. The van der Waals surface area contributed by atoms with Crippen molar-refractivity contribution in [2.75, 3.05) is 72.3 Å². The van der Waals surface area contributed by atoms with Gasteiger partial charge in [-0.15, -0.1) is 11.6 Å². The SMILES string of the molecule is C1CCOC1.CC(=O)O[C@@H]1CCCC[C@H]1COS(=O)(=O)c1ccc(C)cc1.CC(=O)O[C@@H]1CCCC[C@H]1COc1cccc([C@H](O)CCN)c1.CCCC(=O)c1cccc(OC[C@@H]2CCCC[C@H]2O)c1.CCCC(=O)c1cccc(OC[C@@H]2CCCC[C@H]2OC(C)=O)c1.CCC[C@@H](OC(C)=O)c1cccc(OC[C@@H]2CCCC[C@H]2OC(C)=O)c1.CCO.CCl.N=N.NCC[C@@H](O)c1cccc(O)c1.O.[HH]. The van der Waals surface area contributed by atoms with Gasteiger partial charge in [0.25, 0.3) is 10.1 Å². The highest BCUT2D eigenvalue weighted by Crippen LogP contribution is 2.36. The summed E-state index contributed by atoms with van der Waals surface area (Å²) in [6, 6.07) is 43.0. The highest BCUT2D eigenvalue weighted by Gasteiger charge is 2.34. The van der Waals surface area contributed by atoms with Gasteiger partial charge in [-0.3, -0.25) is 37.7 Å². The third-order valence-electron chi connectivity index (χ3n) is 23.7. The highest BCUT2D eigenvalue weighted by molar-refractivity contribution is 7.86. The summed E-state index contributed by atoms with van der Waals surface area (Å²) >= 11 is 4.64. The van der Waals surface area contributed by atoms with Crippen molar-refractivity contribution in [2.45, 2.75) is 316 Å². The lowest BCUT2D eigenvalue weighted by Crippen LogP contribution is -2.33. The largest absolute Gasteiger partial charge is 0.508 e. The molecule has 0 amide bonds. The number of carbonyl (C=O) groups excluding carboxylic acids is 7. The van der Waals surface area contributed by atoms with Crippen LogP contribution in [0.1, 0.15) is 318 Å². The Morgan fingerprint density at radius 2 is 0.770 bits per heavy atom. The number of carbonyl (C=O) groups is 7. The number of nitrogens with two attached hydrogens (primary N) is 2. The molecule has 12 rings (SSSR count). The molecular formula is C107H165ClN4O26S. The van der Waals surface area contributed by atoms with Gasteiger partial charge in [-0.1, -0.05) is 144 Å². The lowest BCUT2D eigenvalue weighted by Gasteiger charge is -2.30. The number of rotatable bonds is 36. The minimum absolute atomic E-state index is 0. The molecule has 782 valence electrons. The summed E-state index contributed by atoms with van der Waals surface area (Å²) in [4.78, 5) is 80.2. The summed E-state index contributed by atoms with van der Waals surface area (Å²) in [6.07, 6.45) is 27.7. The van der Waals surface area contributed by atoms with Crippen molar-refractivity contribution in [1.82, 2.24) is 0 Å². The molecule has 6 aromatic carbocycles. The Morgan fingerprint density at radius 1 is 0.439 bits per heavy atom. The number of benzene rings is 6. The van der Waals surface area contributed by atoms with E-state index in [0.717, 1.165) is 195 Å². The van der Waals surface area contributed by atoms with Crippen LogP contribution in [0.25, 0.3) is 0 Å². The molecule has 0 bridgehead atoms. The fraction of sp³-hybridized carbons (Fsp3) is 0.598. The van der Waals surface area contributed by atoms with Gasteiger partial charge in [-0.25, -0.2) is 11.1 Å². The highest BCUT2D eigenvalue weighted by atomic mass is 35.5. The molecular weight excluding hydrogens is 1820 g/mol. The number of halogens is 1. The Labute approximate surface area is 832 Å². The monoisotopic (exact) mass is 1990 g/mol. The average Bonchev–Trinajstić information content (AvgIpc) is 0.941. The Bertz CT molecular complexity index is 4490. The van der Waals surface area contributed by atoms with E-state index in [1.807, 2.05) is 118 Å². The summed E-state index contributed by atoms with van der Waals surface area (Å²) in [5.74, 6) is 2.92. The summed E-state index contributed by atoms with van der Waals surface area (Å²) in [5.41, 5.74) is 25.6. The summed E-state index contributed by atoms with van der Waals surface area (Å²) in [5, 5.41) is 46.0. The van der Waals surface area contributed by atoms with Crippen LogP contribution in [0.3, 0.4) is 0 Å². The maximum atomic E-state index is 12.2. The number of aliphatic hydroxyl groups is 4. The van der Waals surface area contributed by atoms with Gasteiger partial charge in [0.2, 0.25) is 0 Å². The lowest BCUT2D eigenvalue weighted by molar-refractivity contribution is -0.152. The summed E-state index contributed by atoms with van der Waals surface area (Å²) < 4.78 is 85.0. The molecule has 13 atom stereocenters. The Kier molecular flexibility index (Phi) is 67.2. The molecule has 139 heavy (non-hydrogen) atoms. The number of phenols is 1. The number of aliphatic hydroxyl groups excluding tert-OH is 4. The molecule has 6 fully saturated rings. The quantitative estimate of drug-likeness (QED) is 0.00440. The Morgan fingerprint density at radius 3 is 1.12 bits per heavy atom. The van der Waals surface area contributed by atoms with E-state index >= 15 is 0 Å². The second-order valence-corrected chi connectivity index (χ2v) is 36.6. The number of ketones is 2. The zero-order valence-corrected chi connectivity index (χ0v) is 85.6. The van der Waals surface area contributed by atoms with E-state index in [4.69, 9.17) is 84.3 Å². The number of esters is 5. The minimum Gasteiger partial charge on any atom is -0.508 e. The third-order valence-corrected chi connectivity index (χ3v) is 25.0. The number of hydrogen-bond donors (Lipinski definition) is 9. The summed E-state index contributed by atoms with van der Waals surface area (Å²) in [7, 11) is -3.77. The fourth-order valence-electron chi connectivity index (χ4n) is 16.6. The van der Waals surface area contributed by atoms with Crippen molar-refractivity contribution in [2.24, 2.45) is 41.1 Å².